The molecular weight excluding hydrogens is 216 g/mol. The molecule has 0 aliphatic carbocycles. The molecule has 0 amide bonds. The largest absolute Gasteiger partial charge is 0.385 e. The number of hydrogen-bond acceptors (Lipinski definition) is 4. The summed E-state index contributed by atoms with van der Waals surface area (Å²) in [5.74, 6) is 1.06. The first-order valence-corrected chi connectivity index (χ1v) is 4.96. The monoisotopic (exact) mass is 234 g/mol. The molecular formula is C10H19ClN2O2. The maximum Gasteiger partial charge on any atom is 0.139 e. The molecule has 2 unspecified atom stereocenters. The Balaban J connectivity index is 0.00000196. The number of nitrogens with zero attached hydrogens (tertiary/aromatic N) is 1. The van der Waals surface area contributed by atoms with Crippen LogP contribution >= 0.6 is 12.4 Å². The summed E-state index contributed by atoms with van der Waals surface area (Å²) in [7, 11) is 0. The van der Waals surface area contributed by atoms with Crippen LogP contribution in [0.3, 0.4) is 0 Å². The van der Waals surface area contributed by atoms with Crippen molar-refractivity contribution in [3.63, 3.8) is 0 Å². The van der Waals surface area contributed by atoms with Gasteiger partial charge in [0.2, 0.25) is 0 Å². The first kappa shape index (κ1) is 14.4. The molecule has 0 radical (unpaired) electrons. The van der Waals surface area contributed by atoms with Crippen LogP contribution in [0.1, 0.15) is 50.7 Å². The molecule has 2 atom stereocenters. The minimum Gasteiger partial charge on any atom is -0.385 e. The number of halogens is 1. The molecule has 1 rings (SSSR count). The first-order valence-electron chi connectivity index (χ1n) is 4.96. The lowest BCUT2D eigenvalue weighted by atomic mass is 10.0. The van der Waals surface area contributed by atoms with E-state index in [0.29, 0.717) is 12.1 Å². The van der Waals surface area contributed by atoms with Gasteiger partial charge >= 0.3 is 0 Å². The van der Waals surface area contributed by atoms with E-state index in [1.807, 2.05) is 20.8 Å². The van der Waals surface area contributed by atoms with E-state index < -0.39 is 6.10 Å². The Bertz CT molecular complexity index is 289. The van der Waals surface area contributed by atoms with Crippen LogP contribution in [0.25, 0.3) is 0 Å². The lowest BCUT2D eigenvalue weighted by Crippen LogP contribution is -2.27. The Hall–Kier alpha value is -0.580. The van der Waals surface area contributed by atoms with Crippen molar-refractivity contribution in [2.45, 2.75) is 45.3 Å². The molecule has 88 valence electrons. The summed E-state index contributed by atoms with van der Waals surface area (Å²) >= 11 is 0. The van der Waals surface area contributed by atoms with E-state index in [2.05, 4.69) is 5.16 Å². The number of rotatable bonds is 4. The molecule has 0 saturated carbocycles. The highest BCUT2D eigenvalue weighted by Gasteiger charge is 2.20. The highest BCUT2D eigenvalue weighted by molar-refractivity contribution is 5.85. The SMILES string of the molecule is CCC(N)C(O)c1cc(C(C)C)on1.Cl. The fraction of sp³-hybridized carbons (Fsp3) is 0.700. The molecule has 0 aliphatic rings. The Morgan fingerprint density at radius 2 is 2.13 bits per heavy atom. The Morgan fingerprint density at radius 3 is 2.53 bits per heavy atom. The van der Waals surface area contributed by atoms with E-state index in [0.717, 1.165) is 5.76 Å². The summed E-state index contributed by atoms with van der Waals surface area (Å²) in [6.07, 6.45) is -0.0124. The third kappa shape index (κ3) is 3.48. The van der Waals surface area contributed by atoms with Crippen molar-refractivity contribution in [2.24, 2.45) is 5.73 Å². The quantitative estimate of drug-likeness (QED) is 0.836. The number of aromatic nitrogens is 1. The van der Waals surface area contributed by atoms with Gasteiger partial charge in [-0.1, -0.05) is 25.9 Å². The van der Waals surface area contributed by atoms with Crippen molar-refractivity contribution in [3.05, 3.63) is 17.5 Å². The second kappa shape index (κ2) is 6.10. The molecule has 5 heteroatoms. The van der Waals surface area contributed by atoms with Gasteiger partial charge in [0.15, 0.2) is 0 Å². The molecule has 15 heavy (non-hydrogen) atoms. The second-order valence-corrected chi connectivity index (χ2v) is 3.83. The molecule has 0 spiro atoms. The van der Waals surface area contributed by atoms with Crippen LogP contribution in [0.15, 0.2) is 10.6 Å². The molecule has 1 heterocycles. The number of hydrogen-bond donors (Lipinski definition) is 2. The molecule has 0 bridgehead atoms. The molecule has 0 fully saturated rings. The maximum atomic E-state index is 9.74. The fourth-order valence-corrected chi connectivity index (χ4v) is 1.16. The summed E-state index contributed by atoms with van der Waals surface area (Å²) in [5.41, 5.74) is 6.23. The van der Waals surface area contributed by atoms with Crippen molar-refractivity contribution in [1.82, 2.24) is 5.16 Å². The zero-order chi connectivity index (χ0) is 10.7. The smallest absolute Gasteiger partial charge is 0.139 e. The molecule has 3 N–H and O–H groups in total. The van der Waals surface area contributed by atoms with Crippen LogP contribution in [0, 0.1) is 0 Å². The van der Waals surface area contributed by atoms with Crippen molar-refractivity contribution in [1.29, 1.82) is 0 Å². The van der Waals surface area contributed by atoms with Crippen molar-refractivity contribution >= 4 is 12.4 Å². The molecule has 0 aromatic carbocycles. The van der Waals surface area contributed by atoms with E-state index in [-0.39, 0.29) is 24.4 Å². The van der Waals surface area contributed by atoms with E-state index in [9.17, 15) is 5.11 Å². The first-order chi connectivity index (χ1) is 6.56. The van der Waals surface area contributed by atoms with Gasteiger partial charge in [-0.3, -0.25) is 0 Å². The predicted octanol–water partition coefficient (Wildman–Crippen LogP) is 1.99. The summed E-state index contributed by atoms with van der Waals surface area (Å²) in [4.78, 5) is 0. The van der Waals surface area contributed by atoms with E-state index in [1.165, 1.54) is 0 Å². The summed E-state index contributed by atoms with van der Waals surface area (Å²) in [5, 5.41) is 13.5. The Morgan fingerprint density at radius 1 is 1.53 bits per heavy atom. The van der Waals surface area contributed by atoms with Gasteiger partial charge in [-0.2, -0.15) is 0 Å². The van der Waals surface area contributed by atoms with Crippen LogP contribution in [0.5, 0.6) is 0 Å². The van der Waals surface area contributed by atoms with Gasteiger partial charge < -0.3 is 15.4 Å². The molecule has 0 saturated heterocycles. The Kier molecular flexibility index (Phi) is 5.87. The predicted molar refractivity (Wildman–Crippen MR) is 61.1 cm³/mol. The minimum atomic E-state index is -0.726. The molecule has 1 aromatic heterocycles. The second-order valence-electron chi connectivity index (χ2n) is 3.83. The van der Waals surface area contributed by atoms with Crippen molar-refractivity contribution in [3.8, 4) is 0 Å². The summed E-state index contributed by atoms with van der Waals surface area (Å²) in [6, 6.07) is 1.49. The minimum absolute atomic E-state index is 0. The van der Waals surface area contributed by atoms with E-state index in [1.54, 1.807) is 6.07 Å². The van der Waals surface area contributed by atoms with Gasteiger partial charge in [-0.05, 0) is 6.42 Å². The molecule has 1 aromatic rings. The standard InChI is InChI=1S/C10H18N2O2.ClH/c1-4-7(11)10(13)8-5-9(6(2)3)14-12-8;/h5-7,10,13H,4,11H2,1-3H3;1H. The van der Waals surface area contributed by atoms with Gasteiger partial charge in [0.25, 0.3) is 0 Å². The van der Waals surface area contributed by atoms with Gasteiger partial charge in [-0.15, -0.1) is 12.4 Å². The van der Waals surface area contributed by atoms with Crippen LogP contribution in [0.2, 0.25) is 0 Å². The third-order valence-corrected chi connectivity index (χ3v) is 2.30. The summed E-state index contributed by atoms with van der Waals surface area (Å²) in [6.45, 7) is 5.95. The lowest BCUT2D eigenvalue weighted by Gasteiger charge is -2.13. The van der Waals surface area contributed by atoms with Crippen LogP contribution in [-0.4, -0.2) is 16.3 Å². The van der Waals surface area contributed by atoms with E-state index in [4.69, 9.17) is 10.3 Å². The Labute approximate surface area is 96.2 Å². The normalized spacial score (nSPS) is 14.8. The average molecular weight is 235 g/mol. The van der Waals surface area contributed by atoms with Crippen LogP contribution < -0.4 is 5.73 Å². The van der Waals surface area contributed by atoms with Crippen LogP contribution in [0.4, 0.5) is 0 Å². The van der Waals surface area contributed by atoms with Crippen molar-refractivity contribution in [2.75, 3.05) is 0 Å². The van der Waals surface area contributed by atoms with E-state index >= 15 is 0 Å². The van der Waals surface area contributed by atoms with Gasteiger partial charge in [-0.25, -0.2) is 0 Å². The number of nitrogens with two attached hydrogens (primary N) is 1. The lowest BCUT2D eigenvalue weighted by molar-refractivity contribution is 0.135. The van der Waals surface area contributed by atoms with Crippen LogP contribution in [-0.2, 0) is 0 Å². The maximum absolute atomic E-state index is 9.74. The number of aliphatic hydroxyl groups is 1. The topological polar surface area (TPSA) is 72.3 Å². The summed E-state index contributed by atoms with van der Waals surface area (Å²) < 4.78 is 5.08. The van der Waals surface area contributed by atoms with Gasteiger partial charge in [0.05, 0.1) is 0 Å². The average Bonchev–Trinajstić information content (AvgIpc) is 2.64. The number of aliphatic hydroxyl groups excluding tert-OH is 1. The fourth-order valence-electron chi connectivity index (χ4n) is 1.16. The molecule has 4 nitrogen and oxygen atoms in total. The van der Waals surface area contributed by atoms with Crippen molar-refractivity contribution < 1.29 is 9.63 Å². The highest BCUT2D eigenvalue weighted by atomic mass is 35.5. The van der Waals surface area contributed by atoms with Gasteiger partial charge in [0.1, 0.15) is 17.6 Å². The third-order valence-electron chi connectivity index (χ3n) is 2.30. The zero-order valence-electron chi connectivity index (χ0n) is 9.30. The zero-order valence-corrected chi connectivity index (χ0v) is 10.1. The van der Waals surface area contributed by atoms with Gasteiger partial charge in [0, 0.05) is 18.0 Å². The molecule has 0 aliphatic heterocycles. The highest BCUT2D eigenvalue weighted by Crippen LogP contribution is 2.21.